The first-order valence-corrected chi connectivity index (χ1v) is 8.54. The van der Waals surface area contributed by atoms with E-state index in [0.717, 1.165) is 40.6 Å². The lowest BCUT2D eigenvalue weighted by Gasteiger charge is -2.01. The Bertz CT molecular complexity index is 1020. The van der Waals surface area contributed by atoms with Crippen molar-refractivity contribution in [3.63, 3.8) is 0 Å². The number of hydrogen-bond donors (Lipinski definition) is 1. The van der Waals surface area contributed by atoms with Crippen molar-refractivity contribution in [3.05, 3.63) is 47.9 Å². The second kappa shape index (κ2) is 5.29. The summed E-state index contributed by atoms with van der Waals surface area (Å²) in [7, 11) is 0. The minimum absolute atomic E-state index is 0.145. The summed E-state index contributed by atoms with van der Waals surface area (Å²) in [5, 5.41) is 16.9. The summed E-state index contributed by atoms with van der Waals surface area (Å²) in [5.74, 6) is -0.145. The normalized spacial score (nSPS) is 11.2. The average molecular weight is 341 g/mol. The van der Waals surface area contributed by atoms with E-state index in [1.807, 2.05) is 24.3 Å². The summed E-state index contributed by atoms with van der Waals surface area (Å²) < 4.78 is 2.67. The third-order valence-electron chi connectivity index (χ3n) is 3.40. The van der Waals surface area contributed by atoms with Gasteiger partial charge in [-0.1, -0.05) is 12.1 Å². The number of amides is 1. The second-order valence-electron chi connectivity index (χ2n) is 5.06. The number of rotatable bonds is 2. The molecular weight excluding hydrogens is 330 g/mol. The molecule has 1 amide bonds. The van der Waals surface area contributed by atoms with Gasteiger partial charge >= 0.3 is 0 Å². The number of thiophene rings is 1. The van der Waals surface area contributed by atoms with Crippen LogP contribution in [0.1, 0.15) is 6.92 Å². The summed E-state index contributed by atoms with van der Waals surface area (Å²) in [4.78, 5) is 16.2. The summed E-state index contributed by atoms with van der Waals surface area (Å²) >= 11 is 2.96. The standard InChI is InChI=1S/C16H11N3O2S2/c1-9(20)17-15-14(10-6-7-19(21)8-13(10)23-15)16-18-11-4-2-3-5-12(11)22-16/h2-8H,1H3,(H,17,20). The molecule has 1 aromatic carbocycles. The maximum atomic E-state index is 11.5. The van der Waals surface area contributed by atoms with E-state index < -0.39 is 0 Å². The molecule has 0 saturated heterocycles. The zero-order valence-electron chi connectivity index (χ0n) is 12.1. The molecule has 0 aliphatic carbocycles. The molecule has 3 heterocycles. The number of thiazole rings is 1. The van der Waals surface area contributed by atoms with E-state index in [1.54, 1.807) is 17.4 Å². The number of pyridine rings is 1. The van der Waals surface area contributed by atoms with E-state index in [4.69, 9.17) is 0 Å². The third-order valence-corrected chi connectivity index (χ3v) is 5.51. The molecule has 0 saturated carbocycles. The van der Waals surface area contributed by atoms with Crippen molar-refractivity contribution in [2.45, 2.75) is 6.92 Å². The van der Waals surface area contributed by atoms with E-state index >= 15 is 0 Å². The molecule has 4 rings (SSSR count). The fourth-order valence-electron chi connectivity index (χ4n) is 2.47. The van der Waals surface area contributed by atoms with Crippen LogP contribution >= 0.6 is 22.7 Å². The molecule has 0 spiro atoms. The zero-order chi connectivity index (χ0) is 16.0. The minimum atomic E-state index is -0.145. The van der Waals surface area contributed by atoms with Gasteiger partial charge in [0.2, 0.25) is 5.91 Å². The molecule has 0 atom stereocenters. The Morgan fingerprint density at radius 1 is 1.22 bits per heavy atom. The topological polar surface area (TPSA) is 68.9 Å². The Morgan fingerprint density at radius 3 is 2.83 bits per heavy atom. The van der Waals surface area contributed by atoms with Crippen LogP contribution in [0.25, 0.3) is 30.9 Å². The van der Waals surface area contributed by atoms with Crippen LogP contribution in [0.5, 0.6) is 0 Å². The number of anilines is 1. The smallest absolute Gasteiger partial charge is 0.221 e. The van der Waals surface area contributed by atoms with E-state index in [0.29, 0.717) is 0 Å². The fraction of sp³-hybridized carbons (Fsp3) is 0.0625. The van der Waals surface area contributed by atoms with Crippen LogP contribution in [0, 0.1) is 5.21 Å². The summed E-state index contributed by atoms with van der Waals surface area (Å²) in [6.45, 7) is 1.47. The molecule has 5 nitrogen and oxygen atoms in total. The van der Waals surface area contributed by atoms with Gasteiger partial charge in [-0.15, -0.1) is 22.7 Å². The van der Waals surface area contributed by atoms with Crippen molar-refractivity contribution in [2.24, 2.45) is 0 Å². The van der Waals surface area contributed by atoms with Gasteiger partial charge in [0.15, 0.2) is 12.4 Å². The third kappa shape index (κ3) is 2.43. The maximum Gasteiger partial charge on any atom is 0.221 e. The highest BCUT2D eigenvalue weighted by molar-refractivity contribution is 7.25. The monoisotopic (exact) mass is 341 g/mol. The van der Waals surface area contributed by atoms with Gasteiger partial charge in [-0.3, -0.25) is 4.79 Å². The van der Waals surface area contributed by atoms with Crippen LogP contribution in [-0.4, -0.2) is 10.9 Å². The van der Waals surface area contributed by atoms with Gasteiger partial charge in [-0.05, 0) is 12.1 Å². The summed E-state index contributed by atoms with van der Waals surface area (Å²) in [6, 6.07) is 9.69. The Hall–Kier alpha value is -2.51. The predicted molar refractivity (Wildman–Crippen MR) is 93.7 cm³/mol. The van der Waals surface area contributed by atoms with Crippen LogP contribution in [-0.2, 0) is 4.79 Å². The molecule has 0 bridgehead atoms. The SMILES string of the molecule is CC(=O)Nc1sc2c[n+]([O-])ccc2c1-c1nc2ccccc2s1. The predicted octanol–water partition coefficient (Wildman–Crippen LogP) is 3.77. The summed E-state index contributed by atoms with van der Waals surface area (Å²) in [6.07, 6.45) is 2.98. The number of carbonyl (C=O) groups excluding carboxylic acids is 1. The molecule has 3 aromatic heterocycles. The molecule has 0 fully saturated rings. The van der Waals surface area contributed by atoms with Gasteiger partial charge in [0.25, 0.3) is 0 Å². The quantitative estimate of drug-likeness (QED) is 0.446. The highest BCUT2D eigenvalue weighted by atomic mass is 32.1. The van der Waals surface area contributed by atoms with Crippen molar-refractivity contribution in [3.8, 4) is 10.6 Å². The van der Waals surface area contributed by atoms with Crippen LogP contribution in [0.3, 0.4) is 0 Å². The largest absolute Gasteiger partial charge is 0.619 e. The van der Waals surface area contributed by atoms with Gasteiger partial charge in [-0.2, -0.15) is 4.73 Å². The molecule has 0 aliphatic rings. The van der Waals surface area contributed by atoms with Crippen molar-refractivity contribution in [1.29, 1.82) is 0 Å². The Kier molecular flexibility index (Phi) is 3.24. The summed E-state index contributed by atoms with van der Waals surface area (Å²) in [5.41, 5.74) is 1.80. The fourth-order valence-corrected chi connectivity index (χ4v) is 4.72. The first-order chi connectivity index (χ1) is 11.1. The van der Waals surface area contributed by atoms with E-state index in [-0.39, 0.29) is 5.91 Å². The van der Waals surface area contributed by atoms with E-state index in [1.165, 1.54) is 30.7 Å². The lowest BCUT2D eigenvalue weighted by atomic mass is 10.2. The first kappa shape index (κ1) is 14.1. The first-order valence-electron chi connectivity index (χ1n) is 6.90. The zero-order valence-corrected chi connectivity index (χ0v) is 13.7. The van der Waals surface area contributed by atoms with E-state index in [9.17, 15) is 10.0 Å². The number of fused-ring (bicyclic) bond motifs is 2. The molecule has 7 heteroatoms. The molecule has 1 N–H and O–H groups in total. The molecule has 0 unspecified atom stereocenters. The van der Waals surface area contributed by atoms with Crippen molar-refractivity contribution in [2.75, 3.05) is 5.32 Å². The van der Waals surface area contributed by atoms with Gasteiger partial charge in [0.1, 0.15) is 14.7 Å². The lowest BCUT2D eigenvalue weighted by Crippen LogP contribution is -2.23. The van der Waals surface area contributed by atoms with Crippen LogP contribution in [0.2, 0.25) is 0 Å². The van der Waals surface area contributed by atoms with Gasteiger partial charge in [0.05, 0.1) is 15.8 Å². The Balaban J connectivity index is 2.01. The molecule has 4 aromatic rings. The van der Waals surface area contributed by atoms with Crippen LogP contribution in [0.4, 0.5) is 5.00 Å². The highest BCUT2D eigenvalue weighted by Gasteiger charge is 2.19. The minimum Gasteiger partial charge on any atom is -0.619 e. The second-order valence-corrected chi connectivity index (χ2v) is 7.14. The van der Waals surface area contributed by atoms with Gasteiger partial charge in [0, 0.05) is 18.4 Å². The number of nitrogens with zero attached hydrogens (tertiary/aromatic N) is 2. The maximum absolute atomic E-state index is 11.5. The molecule has 0 aliphatic heterocycles. The van der Waals surface area contributed by atoms with Crippen molar-refractivity contribution >= 4 is 53.9 Å². The molecule has 23 heavy (non-hydrogen) atoms. The highest BCUT2D eigenvalue weighted by Crippen LogP contribution is 2.44. The van der Waals surface area contributed by atoms with Crippen LogP contribution in [0.15, 0.2) is 42.7 Å². The van der Waals surface area contributed by atoms with Crippen molar-refractivity contribution in [1.82, 2.24) is 4.98 Å². The number of benzene rings is 1. The molecule has 114 valence electrons. The van der Waals surface area contributed by atoms with Gasteiger partial charge < -0.3 is 10.5 Å². The van der Waals surface area contributed by atoms with Gasteiger partial charge in [-0.25, -0.2) is 4.98 Å². The molecular formula is C16H11N3O2S2. The van der Waals surface area contributed by atoms with Crippen LogP contribution < -0.4 is 10.0 Å². The van der Waals surface area contributed by atoms with Crippen molar-refractivity contribution < 1.29 is 9.52 Å². The number of para-hydroxylation sites is 1. The Labute approximate surface area is 139 Å². The average Bonchev–Trinajstić information content (AvgIpc) is 3.06. The number of carbonyl (C=O) groups is 1. The number of nitrogens with one attached hydrogen (secondary N) is 1. The van der Waals surface area contributed by atoms with E-state index in [2.05, 4.69) is 10.3 Å². The number of aromatic nitrogens is 2. The lowest BCUT2D eigenvalue weighted by molar-refractivity contribution is -0.603. The Morgan fingerprint density at radius 2 is 2.04 bits per heavy atom. The molecule has 0 radical (unpaired) electrons. The number of hydrogen-bond acceptors (Lipinski definition) is 5.